The van der Waals surface area contributed by atoms with E-state index < -0.39 is 0 Å². The van der Waals surface area contributed by atoms with Gasteiger partial charge in [0.15, 0.2) is 0 Å². The van der Waals surface area contributed by atoms with Gasteiger partial charge in [-0.05, 0) is 53.4 Å². The van der Waals surface area contributed by atoms with Crippen molar-refractivity contribution in [3.63, 3.8) is 0 Å². The maximum Gasteiger partial charge on any atom is 0.101 e. The summed E-state index contributed by atoms with van der Waals surface area (Å²) in [4.78, 5) is 0. The van der Waals surface area contributed by atoms with Gasteiger partial charge in [-0.15, -0.1) is 0 Å². The highest BCUT2D eigenvalue weighted by Gasteiger charge is 2.01. The monoisotopic (exact) mass is 242 g/mol. The third kappa shape index (κ3) is 3.08. The first kappa shape index (κ1) is 11.7. The molecular weight excluding hydrogens is 228 g/mol. The molecule has 0 atom stereocenters. The van der Waals surface area contributed by atoms with Crippen LogP contribution in [0.2, 0.25) is 0 Å². The van der Waals surface area contributed by atoms with E-state index in [-0.39, 0.29) is 0 Å². The Morgan fingerprint density at radius 3 is 2.94 bits per heavy atom. The Balaban J connectivity index is 1.99. The number of anilines is 1. The number of nitrogens with one attached hydrogen (secondary N) is 1. The largest absolute Gasteiger partial charge is 0.384 e. The SMILES string of the molecule is Cc1ccc(C#N)c(NCCc2ccsc2)c1. The van der Waals surface area contributed by atoms with E-state index in [2.05, 4.69) is 28.2 Å². The average molecular weight is 242 g/mol. The molecule has 0 fully saturated rings. The van der Waals surface area contributed by atoms with Crippen LogP contribution < -0.4 is 5.32 Å². The lowest BCUT2D eigenvalue weighted by molar-refractivity contribution is 1.03. The van der Waals surface area contributed by atoms with Gasteiger partial charge in [-0.25, -0.2) is 0 Å². The highest BCUT2D eigenvalue weighted by molar-refractivity contribution is 7.07. The summed E-state index contributed by atoms with van der Waals surface area (Å²) in [5.74, 6) is 0. The minimum Gasteiger partial charge on any atom is -0.384 e. The van der Waals surface area contributed by atoms with Crippen LogP contribution in [0.3, 0.4) is 0 Å². The molecule has 1 aromatic heterocycles. The topological polar surface area (TPSA) is 35.8 Å². The minimum absolute atomic E-state index is 0.709. The highest BCUT2D eigenvalue weighted by atomic mass is 32.1. The van der Waals surface area contributed by atoms with Crippen molar-refractivity contribution < 1.29 is 0 Å². The van der Waals surface area contributed by atoms with Crippen molar-refractivity contribution in [3.8, 4) is 6.07 Å². The van der Waals surface area contributed by atoms with E-state index in [4.69, 9.17) is 5.26 Å². The Bertz CT molecular complexity index is 524. The molecule has 0 radical (unpaired) electrons. The second kappa shape index (κ2) is 5.51. The molecule has 0 unspecified atom stereocenters. The van der Waals surface area contributed by atoms with Gasteiger partial charge in [0, 0.05) is 6.54 Å². The number of nitriles is 1. The fraction of sp³-hybridized carbons (Fsp3) is 0.214. The maximum absolute atomic E-state index is 9.00. The van der Waals surface area contributed by atoms with E-state index in [0.717, 1.165) is 18.7 Å². The lowest BCUT2D eigenvalue weighted by Gasteiger charge is -2.08. The Labute approximate surface area is 106 Å². The molecule has 1 heterocycles. The predicted molar refractivity (Wildman–Crippen MR) is 72.4 cm³/mol. The predicted octanol–water partition coefficient (Wildman–Crippen LogP) is 3.58. The number of hydrogen-bond acceptors (Lipinski definition) is 3. The van der Waals surface area contributed by atoms with Crippen molar-refractivity contribution in [2.45, 2.75) is 13.3 Å². The summed E-state index contributed by atoms with van der Waals surface area (Å²) in [5.41, 5.74) is 4.15. The van der Waals surface area contributed by atoms with Gasteiger partial charge in [0.1, 0.15) is 6.07 Å². The number of hydrogen-bond donors (Lipinski definition) is 1. The van der Waals surface area contributed by atoms with Crippen LogP contribution in [0, 0.1) is 18.3 Å². The van der Waals surface area contributed by atoms with E-state index in [1.165, 1.54) is 11.1 Å². The second-order valence-corrected chi connectivity index (χ2v) is 4.75. The smallest absolute Gasteiger partial charge is 0.101 e. The molecule has 0 aliphatic heterocycles. The zero-order chi connectivity index (χ0) is 12.1. The summed E-state index contributed by atoms with van der Waals surface area (Å²) >= 11 is 1.72. The molecular formula is C14H14N2S. The molecule has 0 amide bonds. The quantitative estimate of drug-likeness (QED) is 0.889. The molecule has 0 aliphatic carbocycles. The van der Waals surface area contributed by atoms with Gasteiger partial charge in [0.2, 0.25) is 0 Å². The molecule has 0 bridgehead atoms. The number of thiophene rings is 1. The minimum atomic E-state index is 0.709. The molecule has 1 aromatic carbocycles. The summed E-state index contributed by atoms with van der Waals surface area (Å²) in [7, 11) is 0. The molecule has 2 nitrogen and oxygen atoms in total. The first-order valence-electron chi connectivity index (χ1n) is 5.55. The van der Waals surface area contributed by atoms with Crippen molar-refractivity contribution in [1.29, 1.82) is 5.26 Å². The second-order valence-electron chi connectivity index (χ2n) is 3.97. The first-order valence-corrected chi connectivity index (χ1v) is 6.49. The normalized spacial score (nSPS) is 9.88. The number of nitrogens with zero attached hydrogens (tertiary/aromatic N) is 1. The zero-order valence-electron chi connectivity index (χ0n) is 9.73. The maximum atomic E-state index is 9.00. The van der Waals surface area contributed by atoms with E-state index >= 15 is 0 Å². The van der Waals surface area contributed by atoms with Crippen LogP contribution in [0.25, 0.3) is 0 Å². The molecule has 2 rings (SSSR count). The number of benzene rings is 1. The van der Waals surface area contributed by atoms with Crippen LogP contribution in [0.5, 0.6) is 0 Å². The van der Waals surface area contributed by atoms with Gasteiger partial charge in [0.25, 0.3) is 0 Å². The summed E-state index contributed by atoms with van der Waals surface area (Å²) in [6, 6.07) is 10.2. The lowest BCUT2D eigenvalue weighted by Crippen LogP contribution is -2.05. The molecule has 2 aromatic rings. The van der Waals surface area contributed by atoms with Crippen LogP contribution >= 0.6 is 11.3 Å². The summed E-state index contributed by atoms with van der Waals surface area (Å²) < 4.78 is 0. The Morgan fingerprint density at radius 1 is 1.35 bits per heavy atom. The summed E-state index contributed by atoms with van der Waals surface area (Å²) in [5, 5.41) is 16.6. The molecule has 86 valence electrons. The van der Waals surface area contributed by atoms with E-state index in [1.807, 2.05) is 25.1 Å². The Hall–Kier alpha value is -1.79. The fourth-order valence-corrected chi connectivity index (χ4v) is 2.38. The zero-order valence-corrected chi connectivity index (χ0v) is 10.6. The molecule has 3 heteroatoms. The summed E-state index contributed by atoms with van der Waals surface area (Å²) in [6.07, 6.45) is 0.988. The third-order valence-electron chi connectivity index (χ3n) is 2.60. The van der Waals surface area contributed by atoms with Crippen molar-refractivity contribution in [3.05, 3.63) is 51.7 Å². The summed E-state index contributed by atoms with van der Waals surface area (Å²) in [6.45, 7) is 2.89. The molecule has 0 saturated carbocycles. The fourth-order valence-electron chi connectivity index (χ4n) is 1.68. The van der Waals surface area contributed by atoms with Crippen LogP contribution in [-0.4, -0.2) is 6.54 Å². The Morgan fingerprint density at radius 2 is 2.24 bits per heavy atom. The lowest BCUT2D eigenvalue weighted by atomic mass is 10.1. The Kier molecular flexibility index (Phi) is 3.79. The van der Waals surface area contributed by atoms with Gasteiger partial charge >= 0.3 is 0 Å². The third-order valence-corrected chi connectivity index (χ3v) is 3.34. The van der Waals surface area contributed by atoms with Crippen molar-refractivity contribution >= 4 is 17.0 Å². The number of rotatable bonds is 4. The standard InChI is InChI=1S/C14H14N2S/c1-11-2-3-13(9-15)14(8-11)16-6-4-12-5-7-17-10-12/h2-3,5,7-8,10,16H,4,6H2,1H3. The van der Waals surface area contributed by atoms with Crippen LogP contribution in [-0.2, 0) is 6.42 Å². The van der Waals surface area contributed by atoms with Crippen LogP contribution in [0.4, 0.5) is 5.69 Å². The van der Waals surface area contributed by atoms with Gasteiger partial charge in [-0.2, -0.15) is 16.6 Å². The van der Waals surface area contributed by atoms with Crippen LogP contribution in [0.15, 0.2) is 35.0 Å². The molecule has 0 aliphatic rings. The average Bonchev–Trinajstić information content (AvgIpc) is 2.82. The van der Waals surface area contributed by atoms with Gasteiger partial charge in [-0.3, -0.25) is 0 Å². The van der Waals surface area contributed by atoms with Crippen molar-refractivity contribution in [1.82, 2.24) is 0 Å². The van der Waals surface area contributed by atoms with E-state index in [9.17, 15) is 0 Å². The first-order chi connectivity index (χ1) is 8.29. The van der Waals surface area contributed by atoms with E-state index in [1.54, 1.807) is 11.3 Å². The van der Waals surface area contributed by atoms with Gasteiger partial charge in [-0.1, -0.05) is 6.07 Å². The number of aryl methyl sites for hydroxylation is 1. The molecule has 0 saturated heterocycles. The van der Waals surface area contributed by atoms with Crippen molar-refractivity contribution in [2.75, 3.05) is 11.9 Å². The highest BCUT2D eigenvalue weighted by Crippen LogP contribution is 2.16. The molecule has 17 heavy (non-hydrogen) atoms. The van der Waals surface area contributed by atoms with Crippen LogP contribution in [0.1, 0.15) is 16.7 Å². The van der Waals surface area contributed by atoms with Gasteiger partial charge in [0.05, 0.1) is 11.3 Å². The van der Waals surface area contributed by atoms with Gasteiger partial charge < -0.3 is 5.32 Å². The van der Waals surface area contributed by atoms with E-state index in [0.29, 0.717) is 5.56 Å². The molecule has 1 N–H and O–H groups in total. The van der Waals surface area contributed by atoms with Crippen molar-refractivity contribution in [2.24, 2.45) is 0 Å². The molecule has 0 spiro atoms.